The quantitative estimate of drug-likeness (QED) is 0.174. The van der Waals surface area contributed by atoms with Gasteiger partial charge in [-0.25, -0.2) is 4.99 Å². The van der Waals surface area contributed by atoms with Crippen LogP contribution in [-0.4, -0.2) is 39.7 Å². The monoisotopic (exact) mass is 567 g/mol. The molecule has 214 valence electrons. The van der Waals surface area contributed by atoms with Gasteiger partial charge >= 0.3 is 0 Å². The number of H-pyrrole nitrogens is 1. The molecule has 1 aromatic heterocycles. The molecule has 6 rings (SSSR count). The molecule has 0 spiro atoms. The highest BCUT2D eigenvalue weighted by atomic mass is 16.3. The van der Waals surface area contributed by atoms with E-state index in [9.17, 15) is 15.2 Å². The summed E-state index contributed by atoms with van der Waals surface area (Å²) >= 11 is 0. The van der Waals surface area contributed by atoms with E-state index in [0.29, 0.717) is 28.1 Å². The van der Waals surface area contributed by atoms with Crippen molar-refractivity contribution in [2.45, 2.75) is 32.2 Å². The first kappa shape index (κ1) is 28.0. The molecule has 0 radical (unpaired) electrons. The van der Waals surface area contributed by atoms with Crippen molar-refractivity contribution >= 4 is 33.9 Å². The van der Waals surface area contributed by atoms with E-state index < -0.39 is 0 Å². The molecule has 1 aliphatic rings. The van der Waals surface area contributed by atoms with Crippen LogP contribution in [-0.2, 0) is 17.8 Å². The molecule has 2 heterocycles. The number of fused-ring (bicyclic) bond motifs is 1. The van der Waals surface area contributed by atoms with Crippen molar-refractivity contribution in [3.63, 3.8) is 0 Å². The number of piperidine rings is 1. The lowest BCUT2D eigenvalue weighted by Crippen LogP contribution is -2.28. The molecule has 0 atom stereocenters. The molecule has 43 heavy (non-hydrogen) atoms. The molecule has 0 unspecified atom stereocenters. The fourth-order valence-electron chi connectivity index (χ4n) is 5.70. The topological polar surface area (TPSA) is 105 Å². The van der Waals surface area contributed by atoms with Crippen LogP contribution in [0.25, 0.3) is 10.9 Å². The van der Waals surface area contributed by atoms with Crippen molar-refractivity contribution in [3.05, 3.63) is 125 Å². The van der Waals surface area contributed by atoms with Crippen LogP contribution in [0.2, 0.25) is 0 Å². The number of nitrogens with one attached hydrogen (secondary N) is 2. The number of nitrogens with zero attached hydrogens (tertiary/aromatic N) is 3. The minimum absolute atomic E-state index is 0.00532. The normalized spacial score (nSPS) is 14.0. The first-order valence-electron chi connectivity index (χ1n) is 14.7. The summed E-state index contributed by atoms with van der Waals surface area (Å²) < 4.78 is 0. The third-order valence-electron chi connectivity index (χ3n) is 7.87. The first-order chi connectivity index (χ1) is 21.1. The van der Waals surface area contributed by atoms with E-state index in [0.717, 1.165) is 41.8 Å². The highest BCUT2D eigenvalue weighted by Crippen LogP contribution is 2.33. The Bertz CT molecular complexity index is 1810. The Morgan fingerprint density at radius 3 is 2.44 bits per heavy atom. The zero-order valence-corrected chi connectivity index (χ0v) is 23.9. The molecule has 1 amide bonds. The van der Waals surface area contributed by atoms with Crippen molar-refractivity contribution in [3.8, 4) is 11.9 Å². The summed E-state index contributed by atoms with van der Waals surface area (Å²) in [6.07, 6.45) is 3.92. The minimum atomic E-state index is -0.232. The molecule has 7 heteroatoms. The van der Waals surface area contributed by atoms with E-state index >= 15 is 0 Å². The molecule has 5 aromatic rings. The van der Waals surface area contributed by atoms with Crippen molar-refractivity contribution in [1.29, 1.82) is 5.26 Å². The summed E-state index contributed by atoms with van der Waals surface area (Å²) in [6, 6.07) is 32.8. The number of amides is 1. The van der Waals surface area contributed by atoms with Gasteiger partial charge in [-0.2, -0.15) is 5.26 Å². The highest BCUT2D eigenvalue weighted by Gasteiger charge is 2.20. The predicted molar refractivity (Wildman–Crippen MR) is 171 cm³/mol. The lowest BCUT2D eigenvalue weighted by Gasteiger charge is -2.26. The number of likely N-dealkylation sites (tertiary alicyclic amines) is 1. The summed E-state index contributed by atoms with van der Waals surface area (Å²) in [6.45, 7) is 3.23. The van der Waals surface area contributed by atoms with Crippen molar-refractivity contribution < 1.29 is 9.90 Å². The van der Waals surface area contributed by atoms with Crippen molar-refractivity contribution in [1.82, 2.24) is 9.88 Å². The second-order valence-electron chi connectivity index (χ2n) is 10.9. The van der Waals surface area contributed by atoms with Crippen molar-refractivity contribution in [2.24, 2.45) is 4.99 Å². The summed E-state index contributed by atoms with van der Waals surface area (Å²) in [5.74, 6) is -0.226. The molecule has 1 aliphatic heterocycles. The molecule has 7 nitrogen and oxygen atoms in total. The number of hydrogen-bond donors (Lipinski definition) is 3. The van der Waals surface area contributed by atoms with Crippen LogP contribution in [0.1, 0.15) is 47.1 Å². The lowest BCUT2D eigenvalue weighted by atomic mass is 10.0. The molecule has 0 saturated carbocycles. The van der Waals surface area contributed by atoms with Crippen LogP contribution in [0.4, 0.5) is 11.4 Å². The number of aromatic amines is 1. The fraction of sp³-hybridized carbons (Fsp3) is 0.194. The molecule has 1 fully saturated rings. The van der Waals surface area contributed by atoms with Gasteiger partial charge in [-0.1, -0.05) is 67.1 Å². The molecule has 0 bridgehead atoms. The van der Waals surface area contributed by atoms with Crippen LogP contribution in [0.5, 0.6) is 5.88 Å². The van der Waals surface area contributed by atoms with Gasteiger partial charge in [0.25, 0.3) is 0 Å². The van der Waals surface area contributed by atoms with E-state index in [1.165, 1.54) is 24.8 Å². The molecule has 1 saturated heterocycles. The second-order valence-corrected chi connectivity index (χ2v) is 10.9. The van der Waals surface area contributed by atoms with Crippen LogP contribution in [0.15, 0.2) is 102 Å². The van der Waals surface area contributed by atoms with Crippen LogP contribution in [0, 0.1) is 11.3 Å². The Hall–Kier alpha value is -5.19. The van der Waals surface area contributed by atoms with Gasteiger partial charge < -0.3 is 15.4 Å². The Balaban J connectivity index is 1.32. The zero-order chi connectivity index (χ0) is 29.6. The third kappa shape index (κ3) is 6.50. The van der Waals surface area contributed by atoms with Gasteiger partial charge in [-0.15, -0.1) is 0 Å². The standard InChI is InChI=1S/C36H33N5O2/c37-23-28-12-6-5-11-27(28)21-33(42)38-30-17-18-32-31(22-30)34(36(43)40-32)35(26-9-3-1-4-10-26)39-29-15-13-25(14-16-29)24-41-19-7-2-8-20-41/h1,3-6,9-18,22,40,43H,2,7-8,19-21,24H2,(H,38,42). The number of carbonyl (C=O) groups excluding carboxylic acids is 1. The summed E-state index contributed by atoms with van der Waals surface area (Å²) in [5.41, 5.74) is 6.55. The lowest BCUT2D eigenvalue weighted by molar-refractivity contribution is -0.115. The van der Waals surface area contributed by atoms with Gasteiger partial charge in [0.15, 0.2) is 5.88 Å². The second kappa shape index (κ2) is 12.8. The largest absolute Gasteiger partial charge is 0.494 e. The summed E-state index contributed by atoms with van der Waals surface area (Å²) in [7, 11) is 0. The number of nitriles is 1. The average molecular weight is 568 g/mol. The maximum absolute atomic E-state index is 12.9. The smallest absolute Gasteiger partial charge is 0.228 e. The number of carbonyl (C=O) groups is 1. The minimum Gasteiger partial charge on any atom is -0.494 e. The Labute approximate surface area is 251 Å². The van der Waals surface area contributed by atoms with Crippen LogP contribution >= 0.6 is 0 Å². The number of hydrogen-bond acceptors (Lipinski definition) is 5. The number of rotatable bonds is 8. The fourth-order valence-corrected chi connectivity index (χ4v) is 5.70. The molecular weight excluding hydrogens is 534 g/mol. The van der Waals surface area contributed by atoms with E-state index in [2.05, 4.69) is 33.4 Å². The molecule has 0 aliphatic carbocycles. The maximum Gasteiger partial charge on any atom is 0.228 e. The Kier molecular flexibility index (Phi) is 8.30. The average Bonchev–Trinajstić information content (AvgIpc) is 3.36. The van der Waals surface area contributed by atoms with Gasteiger partial charge in [0.2, 0.25) is 5.91 Å². The van der Waals surface area contributed by atoms with E-state index in [4.69, 9.17) is 4.99 Å². The van der Waals surface area contributed by atoms with Crippen LogP contribution < -0.4 is 5.32 Å². The van der Waals surface area contributed by atoms with E-state index in [1.54, 1.807) is 24.3 Å². The van der Waals surface area contributed by atoms with Gasteiger partial charge in [-0.3, -0.25) is 9.69 Å². The van der Waals surface area contributed by atoms with Crippen LogP contribution in [0.3, 0.4) is 0 Å². The number of anilines is 1. The SMILES string of the molecule is N#Cc1ccccc1CC(=O)Nc1ccc2[nH]c(O)c(C(=Nc3ccc(CN4CCCCC4)cc3)c3ccccc3)c2c1. The highest BCUT2D eigenvalue weighted by molar-refractivity contribution is 6.22. The van der Waals surface area contributed by atoms with E-state index in [1.807, 2.05) is 60.7 Å². The molecule has 3 N–H and O–H groups in total. The first-order valence-corrected chi connectivity index (χ1v) is 14.7. The number of aliphatic imine (C=N–C) groups is 1. The summed E-state index contributed by atoms with van der Waals surface area (Å²) in [5, 5.41) is 24.2. The third-order valence-corrected chi connectivity index (χ3v) is 7.87. The molecular formula is C36H33N5O2. The zero-order valence-electron chi connectivity index (χ0n) is 23.9. The van der Waals surface area contributed by atoms with Gasteiger partial charge in [0.1, 0.15) is 0 Å². The number of aromatic nitrogens is 1. The molecule has 4 aromatic carbocycles. The Morgan fingerprint density at radius 2 is 1.67 bits per heavy atom. The summed E-state index contributed by atoms with van der Waals surface area (Å²) in [4.78, 5) is 23.5. The van der Waals surface area contributed by atoms with Gasteiger partial charge in [0.05, 0.1) is 35.0 Å². The van der Waals surface area contributed by atoms with Crippen molar-refractivity contribution in [2.75, 3.05) is 18.4 Å². The number of benzene rings is 4. The van der Waals surface area contributed by atoms with Gasteiger partial charge in [-0.05, 0) is 73.5 Å². The predicted octanol–water partition coefficient (Wildman–Crippen LogP) is 7.08. The number of aromatic hydroxyl groups is 1. The maximum atomic E-state index is 12.9. The van der Waals surface area contributed by atoms with E-state index in [-0.39, 0.29) is 18.2 Å². The van der Waals surface area contributed by atoms with Gasteiger partial charge in [0, 0.05) is 28.7 Å². The Morgan fingerprint density at radius 1 is 0.930 bits per heavy atom.